The summed E-state index contributed by atoms with van der Waals surface area (Å²) in [6, 6.07) is 13.2. The van der Waals surface area contributed by atoms with Gasteiger partial charge in [0.25, 0.3) is 0 Å². The Kier molecular flexibility index (Phi) is 5.28. The van der Waals surface area contributed by atoms with E-state index in [1.807, 2.05) is 24.3 Å². The molecule has 6 heteroatoms. The number of alkyl carbamates (subject to hydrolysis) is 1. The molecule has 3 rings (SSSR count). The van der Waals surface area contributed by atoms with Crippen LogP contribution >= 0.6 is 11.8 Å². The van der Waals surface area contributed by atoms with Crippen molar-refractivity contribution in [3.63, 3.8) is 0 Å². The normalized spacial score (nSPS) is 12.8. The van der Waals surface area contributed by atoms with Gasteiger partial charge in [0, 0.05) is 5.75 Å². The Bertz CT molecular complexity index is 806. The van der Waals surface area contributed by atoms with Crippen molar-refractivity contribution in [3.05, 3.63) is 59.2 Å². The van der Waals surface area contributed by atoms with Gasteiger partial charge in [-0.15, -0.1) is 0 Å². The van der Waals surface area contributed by atoms with Gasteiger partial charge in [-0.25, -0.2) is 9.59 Å². The Morgan fingerprint density at radius 2 is 1.96 bits per heavy atom. The van der Waals surface area contributed by atoms with Crippen LogP contribution in [0.5, 0.6) is 0 Å². The highest BCUT2D eigenvalue weighted by atomic mass is 32.2. The van der Waals surface area contributed by atoms with Crippen LogP contribution in [0, 0.1) is 0 Å². The number of amides is 1. The van der Waals surface area contributed by atoms with Crippen LogP contribution in [-0.4, -0.2) is 35.2 Å². The number of carboxylic acids is 1. The zero-order valence-electron chi connectivity index (χ0n) is 13.8. The van der Waals surface area contributed by atoms with E-state index in [2.05, 4.69) is 23.5 Å². The maximum atomic E-state index is 11.9. The number of thioether (sulfide) groups is 1. The number of carbonyl (C=O) groups is 2. The van der Waals surface area contributed by atoms with Gasteiger partial charge in [-0.05, 0) is 40.5 Å². The lowest BCUT2D eigenvalue weighted by Gasteiger charge is -2.14. The summed E-state index contributed by atoms with van der Waals surface area (Å²) in [5.74, 6) is -0.775. The molecule has 2 aromatic carbocycles. The molecule has 0 saturated heterocycles. The van der Waals surface area contributed by atoms with Crippen LogP contribution in [0.15, 0.2) is 42.5 Å². The summed E-state index contributed by atoms with van der Waals surface area (Å²) in [6.07, 6.45) is 1.89. The molecule has 0 spiro atoms. The first-order valence-corrected chi connectivity index (χ1v) is 9.33. The molecule has 1 aliphatic rings. The fourth-order valence-corrected chi connectivity index (χ4v) is 3.59. The number of carbonyl (C=O) groups excluding carboxylic acids is 1. The highest BCUT2D eigenvalue weighted by Gasteiger charge is 2.22. The average molecular weight is 357 g/mol. The molecular formula is C19H19NO4S. The minimum absolute atomic E-state index is 0.120. The van der Waals surface area contributed by atoms with Gasteiger partial charge in [0.1, 0.15) is 12.6 Å². The zero-order valence-corrected chi connectivity index (χ0v) is 14.6. The van der Waals surface area contributed by atoms with Crippen molar-refractivity contribution in [2.24, 2.45) is 0 Å². The summed E-state index contributed by atoms with van der Waals surface area (Å²) in [5.41, 5.74) is 5.76. The van der Waals surface area contributed by atoms with Gasteiger partial charge in [-0.2, -0.15) is 11.8 Å². The van der Waals surface area contributed by atoms with Crippen molar-refractivity contribution in [2.45, 2.75) is 19.1 Å². The molecule has 5 nitrogen and oxygen atoms in total. The van der Waals surface area contributed by atoms with E-state index in [0.717, 1.165) is 17.5 Å². The second-order valence-electron chi connectivity index (χ2n) is 5.84. The lowest BCUT2D eigenvalue weighted by molar-refractivity contribution is -0.138. The van der Waals surface area contributed by atoms with Gasteiger partial charge in [0.2, 0.25) is 0 Å². The lowest BCUT2D eigenvalue weighted by Crippen LogP contribution is -2.42. The molecule has 0 heterocycles. The summed E-state index contributed by atoms with van der Waals surface area (Å²) < 4.78 is 5.26. The minimum atomic E-state index is -1.07. The third-order valence-corrected chi connectivity index (χ3v) is 4.90. The second kappa shape index (κ2) is 7.61. The molecule has 1 atom stereocenters. The van der Waals surface area contributed by atoms with E-state index in [4.69, 9.17) is 9.84 Å². The van der Waals surface area contributed by atoms with Gasteiger partial charge >= 0.3 is 12.1 Å². The molecule has 0 aliphatic heterocycles. The summed E-state index contributed by atoms with van der Waals surface area (Å²) in [4.78, 5) is 23.0. The van der Waals surface area contributed by atoms with Crippen molar-refractivity contribution in [1.82, 2.24) is 5.32 Å². The van der Waals surface area contributed by atoms with Crippen LogP contribution in [0.2, 0.25) is 0 Å². The summed E-state index contributed by atoms with van der Waals surface area (Å²) in [7, 11) is 0. The fraction of sp³-hybridized carbons (Fsp3) is 0.263. The molecule has 0 radical (unpaired) electrons. The number of nitrogens with one attached hydrogen (secondary N) is 1. The number of fused-ring (bicyclic) bond motifs is 3. The first-order valence-electron chi connectivity index (χ1n) is 7.94. The monoisotopic (exact) mass is 357 g/mol. The summed E-state index contributed by atoms with van der Waals surface area (Å²) in [5, 5.41) is 11.5. The number of rotatable bonds is 6. The smallest absolute Gasteiger partial charge is 0.408 e. The Balaban J connectivity index is 1.67. The lowest BCUT2D eigenvalue weighted by atomic mass is 10.0. The van der Waals surface area contributed by atoms with Crippen molar-refractivity contribution >= 4 is 23.8 Å². The molecule has 25 heavy (non-hydrogen) atoms. The first-order chi connectivity index (χ1) is 12.1. The van der Waals surface area contributed by atoms with Crippen molar-refractivity contribution < 1.29 is 19.4 Å². The number of hydrogen-bond donors (Lipinski definition) is 2. The van der Waals surface area contributed by atoms with Gasteiger partial charge < -0.3 is 15.2 Å². The topological polar surface area (TPSA) is 75.6 Å². The van der Waals surface area contributed by atoms with E-state index in [0.29, 0.717) is 5.75 Å². The van der Waals surface area contributed by atoms with Crippen LogP contribution in [0.25, 0.3) is 11.1 Å². The molecule has 1 aliphatic carbocycles. The predicted octanol–water partition coefficient (Wildman–Crippen LogP) is 3.30. The van der Waals surface area contributed by atoms with E-state index < -0.39 is 18.1 Å². The average Bonchev–Trinajstić information content (AvgIpc) is 2.99. The van der Waals surface area contributed by atoms with Gasteiger partial charge in [0.15, 0.2) is 0 Å². The Morgan fingerprint density at radius 1 is 1.20 bits per heavy atom. The van der Waals surface area contributed by atoms with Crippen molar-refractivity contribution in [2.75, 3.05) is 12.0 Å². The summed E-state index contributed by atoms with van der Waals surface area (Å²) >= 11 is 1.35. The molecule has 1 unspecified atom stereocenters. The van der Waals surface area contributed by atoms with Crippen LogP contribution in [0.3, 0.4) is 0 Å². The number of hydrogen-bond acceptors (Lipinski definition) is 4. The molecule has 0 aromatic heterocycles. The largest absolute Gasteiger partial charge is 0.480 e. The SMILES string of the molecule is CSCC(NC(=O)OCc1cccc2c1Cc1ccccc1-2)C(=O)O. The molecule has 130 valence electrons. The molecule has 2 aromatic rings. The van der Waals surface area contributed by atoms with Crippen molar-refractivity contribution in [3.8, 4) is 11.1 Å². The quantitative estimate of drug-likeness (QED) is 0.708. The number of ether oxygens (including phenoxy) is 1. The van der Waals surface area contributed by atoms with E-state index >= 15 is 0 Å². The van der Waals surface area contributed by atoms with E-state index in [1.54, 1.807) is 6.26 Å². The summed E-state index contributed by atoms with van der Waals surface area (Å²) in [6.45, 7) is 0.120. The van der Waals surface area contributed by atoms with Gasteiger partial charge in [-0.1, -0.05) is 42.5 Å². The highest BCUT2D eigenvalue weighted by Crippen LogP contribution is 2.38. The van der Waals surface area contributed by atoms with Gasteiger partial charge in [-0.3, -0.25) is 0 Å². The van der Waals surface area contributed by atoms with Crippen LogP contribution in [-0.2, 0) is 22.6 Å². The molecule has 1 amide bonds. The minimum Gasteiger partial charge on any atom is -0.480 e. The molecule has 0 saturated carbocycles. The molecule has 0 bridgehead atoms. The third kappa shape index (κ3) is 3.79. The van der Waals surface area contributed by atoms with E-state index in [1.165, 1.54) is 28.5 Å². The van der Waals surface area contributed by atoms with Crippen LogP contribution in [0.1, 0.15) is 16.7 Å². The number of benzene rings is 2. The van der Waals surface area contributed by atoms with Gasteiger partial charge in [0.05, 0.1) is 0 Å². The zero-order chi connectivity index (χ0) is 17.8. The maximum absolute atomic E-state index is 11.9. The van der Waals surface area contributed by atoms with E-state index in [9.17, 15) is 9.59 Å². The third-order valence-electron chi connectivity index (χ3n) is 4.23. The molecular weight excluding hydrogens is 338 g/mol. The Labute approximate surface area is 150 Å². The number of aliphatic carboxylic acids is 1. The van der Waals surface area contributed by atoms with Crippen molar-refractivity contribution in [1.29, 1.82) is 0 Å². The maximum Gasteiger partial charge on any atom is 0.408 e. The molecule has 2 N–H and O–H groups in total. The Hall–Kier alpha value is -2.47. The van der Waals surface area contributed by atoms with E-state index in [-0.39, 0.29) is 6.61 Å². The predicted molar refractivity (Wildman–Crippen MR) is 97.8 cm³/mol. The highest BCUT2D eigenvalue weighted by molar-refractivity contribution is 7.98. The van der Waals surface area contributed by atoms with Crippen LogP contribution < -0.4 is 5.32 Å². The first kappa shape index (κ1) is 17.4. The fourth-order valence-electron chi connectivity index (χ4n) is 3.03. The Morgan fingerprint density at radius 3 is 2.72 bits per heavy atom. The number of carboxylic acid groups (broad SMARTS) is 1. The molecule has 0 fully saturated rings. The standard InChI is InChI=1S/C19H19NO4S/c1-25-11-17(18(21)22)20-19(23)24-10-13-6-4-8-15-14-7-3-2-5-12(14)9-16(13)15/h2-8,17H,9-11H2,1H3,(H,20,23)(H,21,22). The second-order valence-corrected chi connectivity index (χ2v) is 6.75. The van der Waals surface area contributed by atoms with Crippen LogP contribution in [0.4, 0.5) is 4.79 Å².